The number of primary amides is 1. The van der Waals surface area contributed by atoms with E-state index < -0.39 is 6.03 Å². The van der Waals surface area contributed by atoms with Gasteiger partial charge in [0.15, 0.2) is 0 Å². The van der Waals surface area contributed by atoms with Gasteiger partial charge in [-0.15, -0.1) is 0 Å². The molecule has 2 atom stereocenters. The van der Waals surface area contributed by atoms with Gasteiger partial charge in [0.2, 0.25) is 0 Å². The molecule has 0 aliphatic carbocycles. The first-order valence-corrected chi connectivity index (χ1v) is 4.94. The van der Waals surface area contributed by atoms with Gasteiger partial charge in [-0.1, -0.05) is 6.92 Å². The minimum absolute atomic E-state index is 0.421. The number of rotatable bonds is 3. The first-order valence-electron chi connectivity index (χ1n) is 4.94. The number of carbonyl (C=O) groups excluding carboxylic acids is 1. The Morgan fingerprint density at radius 3 is 3.08 bits per heavy atom. The first kappa shape index (κ1) is 10.3. The second kappa shape index (κ2) is 5.07. The Kier molecular flexibility index (Phi) is 4.02. The molecular formula is C9H19N3O. The number of nitrogens with two attached hydrogens (primary N) is 1. The average Bonchev–Trinajstić information content (AvgIpc) is 2.15. The molecule has 2 amide bonds. The summed E-state index contributed by atoms with van der Waals surface area (Å²) in [5, 5.41) is 6.01. The van der Waals surface area contributed by atoms with E-state index in [9.17, 15) is 4.79 Å². The zero-order chi connectivity index (χ0) is 9.68. The van der Waals surface area contributed by atoms with Gasteiger partial charge in [-0.3, -0.25) is 0 Å². The molecule has 76 valence electrons. The summed E-state index contributed by atoms with van der Waals surface area (Å²) in [7, 11) is 0. The molecule has 0 spiro atoms. The van der Waals surface area contributed by atoms with Gasteiger partial charge in [0, 0.05) is 6.54 Å². The van der Waals surface area contributed by atoms with Crippen molar-refractivity contribution in [2.75, 3.05) is 19.6 Å². The summed E-state index contributed by atoms with van der Waals surface area (Å²) < 4.78 is 0. The van der Waals surface area contributed by atoms with E-state index in [1.165, 1.54) is 12.8 Å². The second-order valence-electron chi connectivity index (χ2n) is 3.83. The molecule has 4 N–H and O–H groups in total. The van der Waals surface area contributed by atoms with Gasteiger partial charge < -0.3 is 16.4 Å². The monoisotopic (exact) mass is 185 g/mol. The van der Waals surface area contributed by atoms with Gasteiger partial charge in [-0.25, -0.2) is 4.79 Å². The van der Waals surface area contributed by atoms with Crippen molar-refractivity contribution < 1.29 is 4.79 Å². The molecule has 0 aromatic rings. The molecule has 4 heteroatoms. The summed E-state index contributed by atoms with van der Waals surface area (Å²) in [5.41, 5.74) is 5.00. The quantitative estimate of drug-likeness (QED) is 0.591. The lowest BCUT2D eigenvalue weighted by atomic mass is 9.87. The Balaban J connectivity index is 2.20. The van der Waals surface area contributed by atoms with Crippen molar-refractivity contribution in [3.63, 3.8) is 0 Å². The Hall–Kier alpha value is -0.770. The van der Waals surface area contributed by atoms with Gasteiger partial charge in [-0.05, 0) is 37.8 Å². The van der Waals surface area contributed by atoms with Crippen molar-refractivity contribution in [1.82, 2.24) is 10.6 Å². The van der Waals surface area contributed by atoms with E-state index in [1.807, 2.05) is 0 Å². The average molecular weight is 185 g/mol. The van der Waals surface area contributed by atoms with Gasteiger partial charge in [0.1, 0.15) is 0 Å². The highest BCUT2D eigenvalue weighted by Crippen LogP contribution is 2.18. The molecular weight excluding hydrogens is 166 g/mol. The highest BCUT2D eigenvalue weighted by molar-refractivity contribution is 5.71. The summed E-state index contributed by atoms with van der Waals surface area (Å²) in [5.74, 6) is 1.20. The van der Waals surface area contributed by atoms with E-state index in [-0.39, 0.29) is 0 Å². The van der Waals surface area contributed by atoms with Crippen molar-refractivity contribution in [3.05, 3.63) is 0 Å². The largest absolute Gasteiger partial charge is 0.352 e. The van der Waals surface area contributed by atoms with Crippen LogP contribution < -0.4 is 16.4 Å². The number of amides is 2. The van der Waals surface area contributed by atoms with Gasteiger partial charge in [0.25, 0.3) is 0 Å². The normalized spacial score (nSPS) is 25.2. The maximum absolute atomic E-state index is 10.5. The van der Waals surface area contributed by atoms with Crippen LogP contribution in [0, 0.1) is 11.8 Å². The summed E-state index contributed by atoms with van der Waals surface area (Å²) >= 11 is 0. The molecule has 1 saturated heterocycles. The van der Waals surface area contributed by atoms with Crippen molar-refractivity contribution in [1.29, 1.82) is 0 Å². The lowest BCUT2D eigenvalue weighted by Gasteiger charge is -2.28. The van der Waals surface area contributed by atoms with E-state index >= 15 is 0 Å². The zero-order valence-electron chi connectivity index (χ0n) is 8.18. The number of carbonyl (C=O) groups is 1. The Morgan fingerprint density at radius 2 is 2.54 bits per heavy atom. The molecule has 1 heterocycles. The number of nitrogens with one attached hydrogen (secondary N) is 2. The number of hydrogen-bond donors (Lipinski definition) is 3. The van der Waals surface area contributed by atoms with Crippen molar-refractivity contribution in [2.24, 2.45) is 17.6 Å². The maximum Gasteiger partial charge on any atom is 0.312 e. The highest BCUT2D eigenvalue weighted by Gasteiger charge is 2.19. The molecule has 2 unspecified atom stereocenters. The molecule has 1 fully saturated rings. The number of hydrogen-bond acceptors (Lipinski definition) is 2. The molecule has 1 aliphatic rings. The standard InChI is InChI=1S/C9H19N3O/c1-7(5-12-9(10)13)8-3-2-4-11-6-8/h7-8,11H,2-6H2,1H3,(H3,10,12,13). The lowest BCUT2D eigenvalue weighted by Crippen LogP contribution is -2.39. The smallest absolute Gasteiger partial charge is 0.312 e. The summed E-state index contributed by atoms with van der Waals surface area (Å²) in [6, 6.07) is -0.421. The predicted molar refractivity (Wildman–Crippen MR) is 52.3 cm³/mol. The minimum Gasteiger partial charge on any atom is -0.352 e. The molecule has 0 aromatic heterocycles. The fourth-order valence-electron chi connectivity index (χ4n) is 1.79. The molecule has 4 nitrogen and oxygen atoms in total. The van der Waals surface area contributed by atoms with E-state index in [4.69, 9.17) is 5.73 Å². The van der Waals surface area contributed by atoms with Crippen molar-refractivity contribution in [3.8, 4) is 0 Å². The van der Waals surface area contributed by atoms with Crippen molar-refractivity contribution >= 4 is 6.03 Å². The molecule has 13 heavy (non-hydrogen) atoms. The van der Waals surface area contributed by atoms with Crippen LogP contribution in [0.5, 0.6) is 0 Å². The van der Waals surface area contributed by atoms with Gasteiger partial charge in [0.05, 0.1) is 0 Å². The van der Waals surface area contributed by atoms with Crippen LogP contribution in [-0.4, -0.2) is 25.7 Å². The summed E-state index contributed by atoms with van der Waals surface area (Å²) in [6.07, 6.45) is 2.50. The van der Waals surface area contributed by atoms with Crippen LogP contribution in [0.1, 0.15) is 19.8 Å². The van der Waals surface area contributed by atoms with Crippen molar-refractivity contribution in [2.45, 2.75) is 19.8 Å². The van der Waals surface area contributed by atoms with E-state index in [1.54, 1.807) is 0 Å². The summed E-state index contributed by atoms with van der Waals surface area (Å²) in [4.78, 5) is 10.5. The van der Waals surface area contributed by atoms with Gasteiger partial charge >= 0.3 is 6.03 Å². The zero-order valence-corrected chi connectivity index (χ0v) is 8.18. The number of piperidine rings is 1. The van der Waals surface area contributed by atoms with E-state index in [0.717, 1.165) is 13.1 Å². The summed E-state index contributed by atoms with van der Waals surface area (Å²) in [6.45, 7) is 5.06. The fraction of sp³-hybridized carbons (Fsp3) is 0.889. The molecule has 0 bridgehead atoms. The fourth-order valence-corrected chi connectivity index (χ4v) is 1.79. The van der Waals surface area contributed by atoms with Crippen LogP contribution in [0.15, 0.2) is 0 Å². The highest BCUT2D eigenvalue weighted by atomic mass is 16.2. The van der Waals surface area contributed by atoms with Crippen LogP contribution >= 0.6 is 0 Å². The second-order valence-corrected chi connectivity index (χ2v) is 3.83. The minimum atomic E-state index is -0.421. The third kappa shape index (κ3) is 3.63. The third-order valence-corrected chi connectivity index (χ3v) is 2.74. The molecule has 0 radical (unpaired) electrons. The molecule has 0 aromatic carbocycles. The lowest BCUT2D eigenvalue weighted by molar-refractivity contribution is 0.238. The first-order chi connectivity index (χ1) is 6.20. The molecule has 1 rings (SSSR count). The Labute approximate surface area is 79.3 Å². The third-order valence-electron chi connectivity index (χ3n) is 2.74. The van der Waals surface area contributed by atoms with Crippen LogP contribution in [0.2, 0.25) is 0 Å². The molecule has 1 aliphatic heterocycles. The van der Waals surface area contributed by atoms with Crippen LogP contribution in [0.4, 0.5) is 4.79 Å². The number of urea groups is 1. The van der Waals surface area contributed by atoms with E-state index in [0.29, 0.717) is 18.4 Å². The topological polar surface area (TPSA) is 67.1 Å². The van der Waals surface area contributed by atoms with Crippen LogP contribution in [0.3, 0.4) is 0 Å². The SMILES string of the molecule is CC(CNC(N)=O)C1CCCNC1. The maximum atomic E-state index is 10.5. The van der Waals surface area contributed by atoms with Crippen LogP contribution in [0.25, 0.3) is 0 Å². The predicted octanol–water partition coefficient (Wildman–Crippen LogP) is 0.290. The Bertz CT molecular complexity index is 166. The van der Waals surface area contributed by atoms with Crippen LogP contribution in [-0.2, 0) is 0 Å². The van der Waals surface area contributed by atoms with Gasteiger partial charge in [-0.2, -0.15) is 0 Å². The van der Waals surface area contributed by atoms with E-state index in [2.05, 4.69) is 17.6 Å². The molecule has 0 saturated carbocycles. The Morgan fingerprint density at radius 1 is 1.77 bits per heavy atom.